The molecule has 0 saturated carbocycles. The zero-order valence-electron chi connectivity index (χ0n) is 15.4. The first-order valence-corrected chi connectivity index (χ1v) is 8.89. The summed E-state index contributed by atoms with van der Waals surface area (Å²) in [5.74, 6) is 0.320. The standard InChI is InChI=1S/C21H23N3O3/c1-15(2)14-27-18-8-5-7-17(12-18)21(26)23-22-20(25)13-24-11-10-16-6-3-4-9-19(16)24/h3-12,15H,13-14H2,1-2H3,(H,22,25)(H,23,26). The van der Waals surface area contributed by atoms with E-state index in [-0.39, 0.29) is 12.5 Å². The molecule has 0 radical (unpaired) electrons. The van der Waals surface area contributed by atoms with Crippen molar-refractivity contribution in [2.45, 2.75) is 20.4 Å². The molecule has 6 heteroatoms. The van der Waals surface area contributed by atoms with Crippen LogP contribution in [0.2, 0.25) is 0 Å². The molecule has 0 aliphatic heterocycles. The Kier molecular flexibility index (Phi) is 5.76. The van der Waals surface area contributed by atoms with Crippen LogP contribution in [-0.2, 0) is 11.3 Å². The van der Waals surface area contributed by atoms with Crippen molar-refractivity contribution in [3.05, 3.63) is 66.4 Å². The van der Waals surface area contributed by atoms with Gasteiger partial charge in [0.25, 0.3) is 11.8 Å². The molecule has 0 saturated heterocycles. The predicted octanol–water partition coefficient (Wildman–Crippen LogP) is 3.14. The van der Waals surface area contributed by atoms with Gasteiger partial charge in [-0.15, -0.1) is 0 Å². The minimum Gasteiger partial charge on any atom is -0.493 e. The Morgan fingerprint density at radius 1 is 1.04 bits per heavy atom. The largest absolute Gasteiger partial charge is 0.493 e. The second-order valence-corrected chi connectivity index (χ2v) is 6.74. The Labute approximate surface area is 158 Å². The van der Waals surface area contributed by atoms with Gasteiger partial charge in [0.1, 0.15) is 12.3 Å². The number of benzene rings is 2. The van der Waals surface area contributed by atoms with Gasteiger partial charge in [0.05, 0.1) is 6.61 Å². The average molecular weight is 365 g/mol. The minimum atomic E-state index is -0.393. The van der Waals surface area contributed by atoms with Gasteiger partial charge in [-0.05, 0) is 41.6 Å². The second kappa shape index (κ2) is 8.40. The summed E-state index contributed by atoms with van der Waals surface area (Å²) in [7, 11) is 0. The maximum atomic E-state index is 12.3. The van der Waals surface area contributed by atoms with Crippen molar-refractivity contribution < 1.29 is 14.3 Å². The number of ether oxygens (including phenoxy) is 1. The quantitative estimate of drug-likeness (QED) is 0.659. The van der Waals surface area contributed by atoms with E-state index in [1.807, 2.05) is 41.1 Å². The normalized spacial score (nSPS) is 10.8. The molecule has 2 amide bonds. The van der Waals surface area contributed by atoms with Crippen molar-refractivity contribution in [3.63, 3.8) is 0 Å². The van der Waals surface area contributed by atoms with Crippen LogP contribution in [0.3, 0.4) is 0 Å². The Balaban J connectivity index is 1.55. The zero-order valence-corrected chi connectivity index (χ0v) is 15.4. The molecule has 2 aromatic carbocycles. The number of hydrogen-bond acceptors (Lipinski definition) is 3. The van der Waals surface area contributed by atoms with Crippen LogP contribution in [0.15, 0.2) is 60.8 Å². The van der Waals surface area contributed by atoms with Gasteiger partial charge in [-0.2, -0.15) is 0 Å². The lowest BCUT2D eigenvalue weighted by Gasteiger charge is -2.11. The fourth-order valence-electron chi connectivity index (χ4n) is 2.66. The van der Waals surface area contributed by atoms with E-state index in [4.69, 9.17) is 4.74 Å². The van der Waals surface area contributed by atoms with E-state index in [1.165, 1.54) is 0 Å². The summed E-state index contributed by atoms with van der Waals surface area (Å²) >= 11 is 0. The maximum Gasteiger partial charge on any atom is 0.269 e. The van der Waals surface area contributed by atoms with Crippen molar-refractivity contribution in [2.75, 3.05) is 6.61 Å². The Morgan fingerprint density at radius 2 is 1.85 bits per heavy atom. The molecule has 0 spiro atoms. The van der Waals surface area contributed by atoms with E-state index in [2.05, 4.69) is 24.7 Å². The number of nitrogens with one attached hydrogen (secondary N) is 2. The third-order valence-corrected chi connectivity index (χ3v) is 3.99. The molecule has 6 nitrogen and oxygen atoms in total. The summed E-state index contributed by atoms with van der Waals surface area (Å²) in [6.07, 6.45) is 1.85. The third kappa shape index (κ3) is 4.88. The number of carbonyl (C=O) groups excluding carboxylic acids is 2. The van der Waals surface area contributed by atoms with Gasteiger partial charge in [-0.1, -0.05) is 38.1 Å². The number of aromatic nitrogens is 1. The molecule has 0 atom stereocenters. The Bertz CT molecular complexity index is 947. The van der Waals surface area contributed by atoms with Crippen molar-refractivity contribution >= 4 is 22.7 Å². The van der Waals surface area contributed by atoms with Gasteiger partial charge in [0.15, 0.2) is 0 Å². The van der Waals surface area contributed by atoms with Gasteiger partial charge in [-0.25, -0.2) is 0 Å². The van der Waals surface area contributed by atoms with Crippen LogP contribution < -0.4 is 15.6 Å². The topological polar surface area (TPSA) is 72.4 Å². The van der Waals surface area contributed by atoms with Crippen LogP contribution in [0.25, 0.3) is 10.9 Å². The van der Waals surface area contributed by atoms with Crippen molar-refractivity contribution in [1.82, 2.24) is 15.4 Å². The lowest BCUT2D eigenvalue weighted by molar-refractivity contribution is -0.122. The minimum absolute atomic E-state index is 0.116. The van der Waals surface area contributed by atoms with Crippen LogP contribution in [0.5, 0.6) is 5.75 Å². The van der Waals surface area contributed by atoms with E-state index in [0.29, 0.717) is 23.8 Å². The highest BCUT2D eigenvalue weighted by atomic mass is 16.5. The predicted molar refractivity (Wildman–Crippen MR) is 104 cm³/mol. The number of rotatable bonds is 6. The first-order valence-electron chi connectivity index (χ1n) is 8.89. The molecule has 140 valence electrons. The molecule has 1 heterocycles. The third-order valence-electron chi connectivity index (χ3n) is 3.99. The highest BCUT2D eigenvalue weighted by Gasteiger charge is 2.10. The molecule has 0 fully saturated rings. The monoisotopic (exact) mass is 365 g/mol. The van der Waals surface area contributed by atoms with Gasteiger partial charge in [0, 0.05) is 17.3 Å². The highest BCUT2D eigenvalue weighted by Crippen LogP contribution is 2.15. The Morgan fingerprint density at radius 3 is 2.67 bits per heavy atom. The van der Waals surface area contributed by atoms with E-state index < -0.39 is 5.91 Å². The fourth-order valence-corrected chi connectivity index (χ4v) is 2.66. The van der Waals surface area contributed by atoms with E-state index >= 15 is 0 Å². The lowest BCUT2D eigenvalue weighted by Crippen LogP contribution is -2.43. The van der Waals surface area contributed by atoms with Crippen LogP contribution >= 0.6 is 0 Å². The first kappa shape index (κ1) is 18.5. The summed E-state index contributed by atoms with van der Waals surface area (Å²) in [4.78, 5) is 24.4. The number of hydrazine groups is 1. The molecule has 3 aromatic rings. The average Bonchev–Trinajstić information content (AvgIpc) is 3.07. The molecular formula is C21H23N3O3. The van der Waals surface area contributed by atoms with Gasteiger partial charge >= 0.3 is 0 Å². The van der Waals surface area contributed by atoms with Crippen LogP contribution in [0, 0.1) is 5.92 Å². The summed E-state index contributed by atoms with van der Waals surface area (Å²) < 4.78 is 7.45. The number of carbonyl (C=O) groups is 2. The molecule has 0 aliphatic rings. The molecule has 3 rings (SSSR count). The molecule has 27 heavy (non-hydrogen) atoms. The van der Waals surface area contributed by atoms with Gasteiger partial charge < -0.3 is 9.30 Å². The molecule has 0 bridgehead atoms. The fraction of sp³-hybridized carbons (Fsp3) is 0.238. The van der Waals surface area contributed by atoms with Crippen LogP contribution in [0.4, 0.5) is 0 Å². The van der Waals surface area contributed by atoms with E-state index in [0.717, 1.165) is 10.9 Å². The van der Waals surface area contributed by atoms with Gasteiger partial charge in [0.2, 0.25) is 0 Å². The maximum absolute atomic E-state index is 12.3. The first-order chi connectivity index (χ1) is 13.0. The SMILES string of the molecule is CC(C)COc1cccc(C(=O)NNC(=O)Cn2ccc3ccccc32)c1. The van der Waals surface area contributed by atoms with E-state index in [1.54, 1.807) is 24.3 Å². The number of amides is 2. The number of fused-ring (bicyclic) bond motifs is 1. The van der Waals surface area contributed by atoms with Crippen molar-refractivity contribution in [2.24, 2.45) is 5.92 Å². The number of para-hydroxylation sites is 1. The molecule has 2 N–H and O–H groups in total. The summed E-state index contributed by atoms with van der Waals surface area (Å²) in [6.45, 7) is 4.80. The molecular weight excluding hydrogens is 342 g/mol. The molecule has 0 unspecified atom stereocenters. The van der Waals surface area contributed by atoms with Crippen LogP contribution in [0.1, 0.15) is 24.2 Å². The van der Waals surface area contributed by atoms with E-state index in [9.17, 15) is 9.59 Å². The number of nitrogens with zero attached hydrogens (tertiary/aromatic N) is 1. The van der Waals surface area contributed by atoms with Gasteiger partial charge in [-0.3, -0.25) is 20.4 Å². The number of hydrogen-bond donors (Lipinski definition) is 2. The molecule has 0 aliphatic carbocycles. The lowest BCUT2D eigenvalue weighted by atomic mass is 10.2. The van der Waals surface area contributed by atoms with Crippen LogP contribution in [-0.4, -0.2) is 23.0 Å². The summed E-state index contributed by atoms with van der Waals surface area (Å²) in [5, 5.41) is 1.06. The summed E-state index contributed by atoms with van der Waals surface area (Å²) in [6, 6.07) is 16.6. The second-order valence-electron chi connectivity index (χ2n) is 6.74. The van der Waals surface area contributed by atoms with Crippen molar-refractivity contribution in [3.8, 4) is 5.75 Å². The van der Waals surface area contributed by atoms with Crippen molar-refractivity contribution in [1.29, 1.82) is 0 Å². The summed E-state index contributed by atoms with van der Waals surface area (Å²) in [5.41, 5.74) is 6.28. The Hall–Kier alpha value is -3.28. The smallest absolute Gasteiger partial charge is 0.269 e. The molecule has 1 aromatic heterocycles. The zero-order chi connectivity index (χ0) is 19.2. The highest BCUT2D eigenvalue weighted by molar-refractivity contribution is 5.95.